The van der Waals surface area contributed by atoms with E-state index in [0.717, 1.165) is 18.0 Å². The highest BCUT2D eigenvalue weighted by molar-refractivity contribution is 7.13. The Hall–Kier alpha value is -0.940. The van der Waals surface area contributed by atoms with E-state index in [1.165, 1.54) is 24.2 Å². The van der Waals surface area contributed by atoms with Crippen LogP contribution >= 0.6 is 11.3 Å². The number of rotatable bonds is 7. The molecular formula is C10H15N3OS. The van der Waals surface area contributed by atoms with Crippen molar-refractivity contribution < 1.29 is 4.74 Å². The van der Waals surface area contributed by atoms with Gasteiger partial charge in [0.25, 0.3) is 5.19 Å². The summed E-state index contributed by atoms with van der Waals surface area (Å²) >= 11 is 1.51. The van der Waals surface area contributed by atoms with Crippen LogP contribution in [0.15, 0.2) is 12.7 Å². The maximum Gasteiger partial charge on any atom is 0.294 e. The fraction of sp³-hybridized carbons (Fsp3) is 0.600. The molecule has 4 nitrogen and oxygen atoms in total. The fourth-order valence-corrected chi connectivity index (χ4v) is 1.78. The zero-order valence-electron chi connectivity index (χ0n) is 8.61. The first kappa shape index (κ1) is 10.6. The Morgan fingerprint density at radius 2 is 2.40 bits per heavy atom. The fourth-order valence-electron chi connectivity index (χ4n) is 1.12. The van der Waals surface area contributed by atoms with E-state index in [1.54, 1.807) is 0 Å². The summed E-state index contributed by atoms with van der Waals surface area (Å²) < 4.78 is 5.40. The van der Waals surface area contributed by atoms with Crippen LogP contribution in [-0.4, -0.2) is 22.8 Å². The number of aromatic nitrogens is 2. The molecule has 0 radical (unpaired) electrons. The molecule has 0 atom stereocenters. The van der Waals surface area contributed by atoms with E-state index in [4.69, 9.17) is 4.74 Å². The molecule has 5 heteroatoms. The second kappa shape index (κ2) is 5.23. The molecule has 1 aromatic rings. The van der Waals surface area contributed by atoms with Gasteiger partial charge in [-0.15, -0.1) is 16.8 Å². The van der Waals surface area contributed by atoms with E-state index < -0.39 is 0 Å². The van der Waals surface area contributed by atoms with E-state index in [9.17, 15) is 0 Å². The van der Waals surface area contributed by atoms with Crippen LogP contribution in [0.25, 0.3) is 0 Å². The molecule has 1 N–H and O–H groups in total. The third kappa shape index (κ3) is 3.60. The molecule has 0 aromatic carbocycles. The average Bonchev–Trinajstić information content (AvgIpc) is 2.97. The van der Waals surface area contributed by atoms with E-state index in [2.05, 4.69) is 22.1 Å². The van der Waals surface area contributed by atoms with E-state index >= 15 is 0 Å². The predicted octanol–water partition coefficient (Wildman–Crippen LogP) is 1.75. The van der Waals surface area contributed by atoms with Crippen LogP contribution in [0.4, 0.5) is 0 Å². The summed E-state index contributed by atoms with van der Waals surface area (Å²) in [5.41, 5.74) is 0. The minimum absolute atomic E-state index is 0.633. The molecule has 0 aliphatic heterocycles. The molecule has 1 fully saturated rings. The van der Waals surface area contributed by atoms with Crippen LogP contribution in [0.2, 0.25) is 0 Å². The molecule has 1 saturated carbocycles. The van der Waals surface area contributed by atoms with Gasteiger partial charge in [-0.1, -0.05) is 17.4 Å². The second-order valence-electron chi connectivity index (χ2n) is 3.54. The third-order valence-corrected chi connectivity index (χ3v) is 2.95. The van der Waals surface area contributed by atoms with E-state index in [1.807, 2.05) is 6.08 Å². The van der Waals surface area contributed by atoms with E-state index in [-0.39, 0.29) is 0 Å². The van der Waals surface area contributed by atoms with Crippen LogP contribution in [0.5, 0.6) is 5.19 Å². The highest BCUT2D eigenvalue weighted by atomic mass is 32.1. The van der Waals surface area contributed by atoms with Crippen molar-refractivity contribution in [3.63, 3.8) is 0 Å². The number of nitrogens with zero attached hydrogens (tertiary/aromatic N) is 2. The summed E-state index contributed by atoms with van der Waals surface area (Å²) in [5.74, 6) is 0. The number of hydrogen-bond acceptors (Lipinski definition) is 5. The largest absolute Gasteiger partial charge is 0.469 e. The molecule has 15 heavy (non-hydrogen) atoms. The molecule has 1 aromatic heterocycles. The van der Waals surface area contributed by atoms with Crippen molar-refractivity contribution in [1.82, 2.24) is 15.5 Å². The van der Waals surface area contributed by atoms with Gasteiger partial charge < -0.3 is 10.1 Å². The molecular weight excluding hydrogens is 210 g/mol. The summed E-state index contributed by atoms with van der Waals surface area (Å²) in [4.78, 5) is 0. The molecule has 0 saturated heterocycles. The van der Waals surface area contributed by atoms with Gasteiger partial charge in [0.15, 0.2) is 0 Å². The predicted molar refractivity (Wildman–Crippen MR) is 60.1 cm³/mol. The van der Waals surface area contributed by atoms with Gasteiger partial charge in [-0.2, -0.15) is 0 Å². The van der Waals surface area contributed by atoms with Gasteiger partial charge in [-0.3, -0.25) is 0 Å². The van der Waals surface area contributed by atoms with Crippen LogP contribution < -0.4 is 10.1 Å². The Labute approximate surface area is 93.4 Å². The van der Waals surface area contributed by atoms with Crippen molar-refractivity contribution in [3.8, 4) is 5.19 Å². The first-order chi connectivity index (χ1) is 7.38. The molecule has 82 valence electrons. The van der Waals surface area contributed by atoms with Gasteiger partial charge in [0.2, 0.25) is 0 Å². The smallest absolute Gasteiger partial charge is 0.294 e. The molecule has 0 amide bonds. The summed E-state index contributed by atoms with van der Waals surface area (Å²) in [6.45, 7) is 5.08. The Morgan fingerprint density at radius 3 is 3.13 bits per heavy atom. The van der Waals surface area contributed by atoms with Crippen molar-refractivity contribution in [1.29, 1.82) is 0 Å². The summed E-state index contributed by atoms with van der Waals surface area (Å²) in [6, 6.07) is 0.707. The molecule has 2 rings (SSSR count). The van der Waals surface area contributed by atoms with Crippen molar-refractivity contribution in [2.75, 3.05) is 6.61 Å². The maximum absolute atomic E-state index is 5.40. The van der Waals surface area contributed by atoms with Crippen molar-refractivity contribution >= 4 is 11.3 Å². The molecule has 0 bridgehead atoms. The highest BCUT2D eigenvalue weighted by Gasteiger charge is 2.20. The summed E-state index contributed by atoms with van der Waals surface area (Å²) in [7, 11) is 0. The average molecular weight is 225 g/mol. The first-order valence-corrected chi connectivity index (χ1v) is 5.99. The maximum atomic E-state index is 5.40. The van der Waals surface area contributed by atoms with Crippen LogP contribution in [0.1, 0.15) is 24.3 Å². The minimum atomic E-state index is 0.633. The standard InChI is InChI=1S/C10H15N3OS/c1-2-3-6-14-10-13-12-9(15-10)7-11-8-4-5-8/h2,8,11H,1,3-7H2. The van der Waals surface area contributed by atoms with Gasteiger partial charge >= 0.3 is 0 Å². The SMILES string of the molecule is C=CCCOc1nnc(CNC2CC2)s1. The molecule has 0 spiro atoms. The first-order valence-electron chi connectivity index (χ1n) is 5.18. The Balaban J connectivity index is 1.72. The zero-order valence-corrected chi connectivity index (χ0v) is 9.42. The van der Waals surface area contributed by atoms with Crippen molar-refractivity contribution in [3.05, 3.63) is 17.7 Å². The molecule has 1 heterocycles. The van der Waals surface area contributed by atoms with E-state index in [0.29, 0.717) is 17.8 Å². The lowest BCUT2D eigenvalue weighted by Gasteiger charge is -1.97. The molecule has 0 unspecified atom stereocenters. The third-order valence-electron chi connectivity index (χ3n) is 2.12. The molecule has 1 aliphatic rings. The topological polar surface area (TPSA) is 47.0 Å². The normalized spacial score (nSPS) is 15.2. The van der Waals surface area contributed by atoms with Gasteiger partial charge in [-0.05, 0) is 19.3 Å². The molecule has 1 aliphatic carbocycles. The van der Waals surface area contributed by atoms with Gasteiger partial charge in [-0.25, -0.2) is 0 Å². The van der Waals surface area contributed by atoms with Gasteiger partial charge in [0.05, 0.1) is 13.2 Å². The van der Waals surface area contributed by atoms with Crippen molar-refractivity contribution in [2.45, 2.75) is 31.8 Å². The van der Waals surface area contributed by atoms with Crippen molar-refractivity contribution in [2.24, 2.45) is 0 Å². The van der Waals surface area contributed by atoms with Crippen LogP contribution in [0, 0.1) is 0 Å². The highest BCUT2D eigenvalue weighted by Crippen LogP contribution is 2.21. The lowest BCUT2D eigenvalue weighted by Crippen LogP contribution is -2.14. The number of hydrogen-bond donors (Lipinski definition) is 1. The van der Waals surface area contributed by atoms with Crippen LogP contribution in [-0.2, 0) is 6.54 Å². The lowest BCUT2D eigenvalue weighted by molar-refractivity contribution is 0.320. The minimum Gasteiger partial charge on any atom is -0.469 e. The second-order valence-corrected chi connectivity index (χ2v) is 4.57. The summed E-state index contributed by atoms with van der Waals surface area (Å²) in [5, 5.41) is 13.1. The zero-order chi connectivity index (χ0) is 10.5. The summed E-state index contributed by atoms with van der Waals surface area (Å²) in [6.07, 6.45) is 5.26. The van der Waals surface area contributed by atoms with Gasteiger partial charge in [0.1, 0.15) is 5.01 Å². The Bertz CT molecular complexity index is 322. The Morgan fingerprint density at radius 1 is 1.53 bits per heavy atom. The lowest BCUT2D eigenvalue weighted by atomic mass is 10.5. The Kier molecular flexibility index (Phi) is 3.69. The quantitative estimate of drug-likeness (QED) is 0.567. The van der Waals surface area contributed by atoms with Gasteiger partial charge in [0, 0.05) is 6.04 Å². The number of nitrogens with one attached hydrogen (secondary N) is 1. The van der Waals surface area contributed by atoms with Crippen LogP contribution in [0.3, 0.4) is 0 Å². The monoisotopic (exact) mass is 225 g/mol. The number of ether oxygens (including phenoxy) is 1.